The fourth-order valence-corrected chi connectivity index (χ4v) is 2.26. The molecule has 1 aromatic carbocycles. The maximum absolute atomic E-state index is 5.99. The van der Waals surface area contributed by atoms with Gasteiger partial charge in [0.1, 0.15) is 0 Å². The Labute approximate surface area is 131 Å². The molecule has 2 rings (SSSR count). The number of halogens is 1. The maximum atomic E-state index is 5.99. The molecule has 0 bridgehead atoms. The van der Waals surface area contributed by atoms with Crippen molar-refractivity contribution in [2.24, 2.45) is 0 Å². The molecule has 0 aliphatic carbocycles. The van der Waals surface area contributed by atoms with Gasteiger partial charge in [-0.25, -0.2) is 0 Å². The summed E-state index contributed by atoms with van der Waals surface area (Å²) in [5.74, 6) is 6.35. The van der Waals surface area contributed by atoms with Gasteiger partial charge in [0.05, 0.1) is 18.6 Å². The molecule has 0 unspecified atom stereocenters. The van der Waals surface area contributed by atoms with Gasteiger partial charge in [0.25, 0.3) is 0 Å². The van der Waals surface area contributed by atoms with E-state index in [4.69, 9.17) is 11.6 Å². The van der Waals surface area contributed by atoms with Gasteiger partial charge in [-0.15, -0.1) is 0 Å². The molecule has 110 valence electrons. The molecule has 0 amide bonds. The van der Waals surface area contributed by atoms with Crippen molar-refractivity contribution >= 4 is 28.2 Å². The molecule has 1 heterocycles. The molecule has 0 fully saturated rings. The van der Waals surface area contributed by atoms with Crippen LogP contribution in [0.25, 0.3) is 10.9 Å². The van der Waals surface area contributed by atoms with E-state index in [2.05, 4.69) is 40.9 Å². The first-order chi connectivity index (χ1) is 10.2. The topological polar surface area (TPSA) is 28.2 Å². The second-order valence-corrected chi connectivity index (χ2v) is 5.12. The second-order valence-electron chi connectivity index (χ2n) is 4.69. The van der Waals surface area contributed by atoms with Crippen LogP contribution in [-0.2, 0) is 0 Å². The van der Waals surface area contributed by atoms with Crippen molar-refractivity contribution in [3.8, 4) is 11.8 Å². The van der Waals surface area contributed by atoms with E-state index < -0.39 is 0 Å². The van der Waals surface area contributed by atoms with Crippen LogP contribution in [-0.4, -0.2) is 36.1 Å². The molecule has 0 saturated carbocycles. The van der Waals surface area contributed by atoms with Gasteiger partial charge in [0.15, 0.2) is 0 Å². The number of hydrogen-bond acceptors (Lipinski definition) is 3. The lowest BCUT2D eigenvalue weighted by Gasteiger charge is -2.13. The monoisotopic (exact) mass is 301 g/mol. The number of fused-ring (bicyclic) bond motifs is 1. The molecule has 1 aromatic heterocycles. The smallest absolute Gasteiger partial charge is 0.0766 e. The minimum absolute atomic E-state index is 0.628. The van der Waals surface area contributed by atoms with Gasteiger partial charge in [-0.2, -0.15) is 0 Å². The first-order valence-electron chi connectivity index (χ1n) is 7.20. The van der Waals surface area contributed by atoms with Crippen molar-refractivity contribution in [2.45, 2.75) is 13.8 Å². The van der Waals surface area contributed by atoms with Crippen LogP contribution in [0.2, 0.25) is 5.02 Å². The van der Waals surface area contributed by atoms with Crippen molar-refractivity contribution in [1.29, 1.82) is 0 Å². The van der Waals surface area contributed by atoms with Crippen molar-refractivity contribution in [3.63, 3.8) is 0 Å². The van der Waals surface area contributed by atoms with Crippen LogP contribution in [0.1, 0.15) is 13.8 Å². The molecule has 21 heavy (non-hydrogen) atoms. The fraction of sp³-hybridized carbons (Fsp3) is 0.353. The van der Waals surface area contributed by atoms with Crippen molar-refractivity contribution in [1.82, 2.24) is 9.88 Å². The third-order valence-electron chi connectivity index (χ3n) is 3.39. The van der Waals surface area contributed by atoms with E-state index in [0.717, 1.165) is 36.2 Å². The average Bonchev–Trinajstić information content (AvgIpc) is 2.50. The van der Waals surface area contributed by atoms with Gasteiger partial charge in [0.2, 0.25) is 0 Å². The standard InChI is InChI=1S/C17H20ClN3/c1-3-21(4-2)12-6-5-10-19-16-9-11-20-17-13-14(18)7-8-15(16)17/h7-9,11,13H,3-4,10,12H2,1-2H3,(H,19,20). The van der Waals surface area contributed by atoms with Crippen molar-refractivity contribution in [3.05, 3.63) is 35.5 Å². The Balaban J connectivity index is 2.00. The van der Waals surface area contributed by atoms with E-state index in [1.54, 1.807) is 6.20 Å². The van der Waals surface area contributed by atoms with Crippen LogP contribution in [0.15, 0.2) is 30.5 Å². The number of benzene rings is 1. The molecule has 3 nitrogen and oxygen atoms in total. The van der Waals surface area contributed by atoms with Gasteiger partial charge < -0.3 is 5.32 Å². The van der Waals surface area contributed by atoms with Gasteiger partial charge in [-0.1, -0.05) is 37.3 Å². The highest BCUT2D eigenvalue weighted by Gasteiger charge is 2.01. The summed E-state index contributed by atoms with van der Waals surface area (Å²) in [6.45, 7) is 7.82. The maximum Gasteiger partial charge on any atom is 0.0766 e. The highest BCUT2D eigenvalue weighted by atomic mass is 35.5. The molecule has 0 spiro atoms. The first kappa shape index (κ1) is 15.6. The van der Waals surface area contributed by atoms with Gasteiger partial charge >= 0.3 is 0 Å². The Kier molecular flexibility index (Phi) is 5.86. The molecular weight excluding hydrogens is 282 g/mol. The molecule has 0 saturated heterocycles. The van der Waals surface area contributed by atoms with E-state index in [1.807, 2.05) is 24.3 Å². The molecular formula is C17H20ClN3. The number of nitrogens with zero attached hydrogens (tertiary/aromatic N) is 2. The average molecular weight is 302 g/mol. The SMILES string of the molecule is CCN(CC)CC#CCNc1ccnc2cc(Cl)ccc12. The highest BCUT2D eigenvalue weighted by molar-refractivity contribution is 6.31. The molecule has 1 N–H and O–H groups in total. The predicted molar refractivity (Wildman–Crippen MR) is 90.8 cm³/mol. The van der Waals surface area contributed by atoms with Crippen LogP contribution in [0.3, 0.4) is 0 Å². The molecule has 4 heteroatoms. The summed E-state index contributed by atoms with van der Waals surface area (Å²) in [7, 11) is 0. The van der Waals surface area contributed by atoms with Crippen molar-refractivity contribution < 1.29 is 0 Å². The van der Waals surface area contributed by atoms with Crippen molar-refractivity contribution in [2.75, 3.05) is 31.5 Å². The summed E-state index contributed by atoms with van der Waals surface area (Å²) in [6.07, 6.45) is 1.78. The van der Waals surface area contributed by atoms with Crippen LogP contribution in [0, 0.1) is 11.8 Å². The summed E-state index contributed by atoms with van der Waals surface area (Å²) in [5.41, 5.74) is 1.93. The minimum Gasteiger partial charge on any atom is -0.374 e. The number of pyridine rings is 1. The number of aromatic nitrogens is 1. The number of rotatable bonds is 5. The molecule has 0 aliphatic heterocycles. The lowest BCUT2D eigenvalue weighted by molar-refractivity contribution is 0.342. The Morgan fingerprint density at radius 3 is 2.76 bits per heavy atom. The quantitative estimate of drug-likeness (QED) is 0.855. The largest absolute Gasteiger partial charge is 0.374 e. The number of hydrogen-bond donors (Lipinski definition) is 1. The van der Waals surface area contributed by atoms with Crippen LogP contribution >= 0.6 is 11.6 Å². The molecule has 0 aliphatic rings. The van der Waals surface area contributed by atoms with E-state index in [0.29, 0.717) is 11.6 Å². The Morgan fingerprint density at radius 2 is 2.00 bits per heavy atom. The summed E-state index contributed by atoms with van der Waals surface area (Å²) in [4.78, 5) is 6.61. The normalized spacial score (nSPS) is 10.5. The fourth-order valence-electron chi connectivity index (χ4n) is 2.09. The van der Waals surface area contributed by atoms with Crippen LogP contribution in [0.4, 0.5) is 5.69 Å². The zero-order valence-electron chi connectivity index (χ0n) is 12.5. The molecule has 0 atom stereocenters. The van der Waals surface area contributed by atoms with E-state index in [1.165, 1.54) is 0 Å². The minimum atomic E-state index is 0.628. The lowest BCUT2D eigenvalue weighted by atomic mass is 10.2. The number of anilines is 1. The van der Waals surface area contributed by atoms with Gasteiger partial charge in [-0.3, -0.25) is 9.88 Å². The van der Waals surface area contributed by atoms with Gasteiger partial charge in [0, 0.05) is 22.3 Å². The second kappa shape index (κ2) is 7.87. The summed E-state index contributed by atoms with van der Waals surface area (Å²) in [5, 5.41) is 5.10. The molecule has 2 aromatic rings. The third-order valence-corrected chi connectivity index (χ3v) is 3.63. The molecule has 0 radical (unpaired) electrons. The Hall–Kier alpha value is -1.76. The predicted octanol–water partition coefficient (Wildman–Crippen LogP) is 3.65. The van der Waals surface area contributed by atoms with Crippen LogP contribution in [0.5, 0.6) is 0 Å². The first-order valence-corrected chi connectivity index (χ1v) is 7.58. The van der Waals surface area contributed by atoms with Gasteiger partial charge in [-0.05, 0) is 37.4 Å². The summed E-state index contributed by atoms with van der Waals surface area (Å²) >= 11 is 5.99. The van der Waals surface area contributed by atoms with E-state index >= 15 is 0 Å². The number of nitrogens with one attached hydrogen (secondary N) is 1. The van der Waals surface area contributed by atoms with E-state index in [9.17, 15) is 0 Å². The third kappa shape index (κ3) is 4.35. The highest BCUT2D eigenvalue weighted by Crippen LogP contribution is 2.23. The Morgan fingerprint density at radius 1 is 1.19 bits per heavy atom. The summed E-state index contributed by atoms with van der Waals surface area (Å²) in [6, 6.07) is 7.69. The Bertz CT molecular complexity index is 654. The lowest BCUT2D eigenvalue weighted by Crippen LogP contribution is -2.23. The van der Waals surface area contributed by atoms with E-state index in [-0.39, 0.29) is 0 Å². The zero-order chi connectivity index (χ0) is 15.1. The summed E-state index contributed by atoms with van der Waals surface area (Å²) < 4.78 is 0. The zero-order valence-corrected chi connectivity index (χ0v) is 13.2. The van der Waals surface area contributed by atoms with Crippen LogP contribution < -0.4 is 5.32 Å².